The van der Waals surface area contributed by atoms with Gasteiger partial charge in [0.15, 0.2) is 0 Å². The molecule has 42 valence electrons. The van der Waals surface area contributed by atoms with Crippen LogP contribution in [0, 0.1) is 5.41 Å². The summed E-state index contributed by atoms with van der Waals surface area (Å²) in [5.74, 6) is 0.0764. The van der Waals surface area contributed by atoms with E-state index in [9.17, 15) is 0 Å². The summed E-state index contributed by atoms with van der Waals surface area (Å²) < 4.78 is -0.514. The smallest absolute Gasteiger partial charge is 0.134 e. The molecule has 0 spiro atoms. The van der Waals surface area contributed by atoms with Gasteiger partial charge in [-0.25, -0.2) is 0 Å². The Hall–Kier alpha value is 0.430. The first-order chi connectivity index (χ1) is 2.94. The number of nitrogens with one attached hydrogen (secondary N) is 1. The number of amidine groups is 1. The van der Waals surface area contributed by atoms with Crippen molar-refractivity contribution < 1.29 is 0 Å². The molecule has 0 radical (unpaired) electrons. The molecule has 0 aromatic heterocycles. The van der Waals surface area contributed by atoms with Gasteiger partial charge in [-0.1, -0.05) is 31.9 Å². The SMILES string of the molecule is CC(Br)(Br)C(=N)N. The molecule has 0 atom stereocenters. The summed E-state index contributed by atoms with van der Waals surface area (Å²) in [5, 5.41) is 6.83. The minimum absolute atomic E-state index is 0.0764. The maximum atomic E-state index is 6.83. The Balaban J connectivity index is 3.79. The largest absolute Gasteiger partial charge is 0.386 e. The normalized spacial score (nSPS) is 11.3. The fourth-order valence-electron chi connectivity index (χ4n) is 0. The molecule has 0 unspecified atom stereocenters. The highest BCUT2D eigenvalue weighted by Crippen LogP contribution is 2.23. The average molecular weight is 230 g/mol. The van der Waals surface area contributed by atoms with Crippen LogP contribution in [0.15, 0.2) is 0 Å². The van der Waals surface area contributed by atoms with Crippen molar-refractivity contribution >= 4 is 37.7 Å². The third-order valence-electron chi connectivity index (χ3n) is 0.473. The lowest BCUT2D eigenvalue weighted by molar-refractivity contribution is 1.20. The van der Waals surface area contributed by atoms with Gasteiger partial charge >= 0.3 is 0 Å². The summed E-state index contributed by atoms with van der Waals surface area (Å²) in [6, 6.07) is 0. The minimum Gasteiger partial charge on any atom is -0.386 e. The lowest BCUT2D eigenvalue weighted by Gasteiger charge is -2.09. The van der Waals surface area contributed by atoms with E-state index in [0.717, 1.165) is 0 Å². The van der Waals surface area contributed by atoms with Gasteiger partial charge in [0.25, 0.3) is 0 Å². The van der Waals surface area contributed by atoms with Crippen molar-refractivity contribution in [3.8, 4) is 0 Å². The highest BCUT2D eigenvalue weighted by Gasteiger charge is 2.17. The van der Waals surface area contributed by atoms with Gasteiger partial charge in [0.05, 0.1) is 0 Å². The molecule has 3 N–H and O–H groups in total. The van der Waals surface area contributed by atoms with Gasteiger partial charge < -0.3 is 5.73 Å². The van der Waals surface area contributed by atoms with E-state index in [2.05, 4.69) is 31.9 Å². The van der Waals surface area contributed by atoms with Crippen molar-refractivity contribution in [2.75, 3.05) is 0 Å². The average Bonchev–Trinajstić information content (AvgIpc) is 1.31. The number of hydrogen-bond acceptors (Lipinski definition) is 1. The molecule has 2 nitrogen and oxygen atoms in total. The first kappa shape index (κ1) is 7.43. The molecule has 0 amide bonds. The van der Waals surface area contributed by atoms with Crippen LogP contribution in [0.2, 0.25) is 0 Å². The Bertz CT molecular complexity index is 83.4. The third-order valence-corrected chi connectivity index (χ3v) is 1.33. The number of nitrogens with two attached hydrogens (primary N) is 1. The van der Waals surface area contributed by atoms with Crippen LogP contribution in [0.1, 0.15) is 6.92 Å². The van der Waals surface area contributed by atoms with Gasteiger partial charge in [-0.05, 0) is 6.92 Å². The number of alkyl halides is 2. The monoisotopic (exact) mass is 228 g/mol. The van der Waals surface area contributed by atoms with Crippen molar-refractivity contribution in [3.63, 3.8) is 0 Å². The van der Waals surface area contributed by atoms with Crippen LogP contribution in [-0.4, -0.2) is 9.07 Å². The Morgan fingerprint density at radius 2 is 1.86 bits per heavy atom. The van der Waals surface area contributed by atoms with Gasteiger partial charge in [-0.3, -0.25) is 5.41 Å². The van der Waals surface area contributed by atoms with E-state index in [1.807, 2.05) is 0 Å². The molecule has 0 saturated carbocycles. The van der Waals surface area contributed by atoms with Crippen LogP contribution < -0.4 is 5.73 Å². The van der Waals surface area contributed by atoms with E-state index in [0.29, 0.717) is 0 Å². The second kappa shape index (κ2) is 2.13. The first-order valence-corrected chi connectivity index (χ1v) is 3.25. The summed E-state index contributed by atoms with van der Waals surface area (Å²) in [5.41, 5.74) is 5.06. The topological polar surface area (TPSA) is 49.9 Å². The Morgan fingerprint density at radius 3 is 1.86 bits per heavy atom. The second-order valence-corrected chi connectivity index (χ2v) is 5.54. The van der Waals surface area contributed by atoms with E-state index < -0.39 is 3.23 Å². The summed E-state index contributed by atoms with van der Waals surface area (Å²) in [6.45, 7) is 1.75. The fourth-order valence-corrected chi connectivity index (χ4v) is 0. The predicted octanol–water partition coefficient (Wildman–Crippen LogP) is 1.43. The molecule has 0 saturated heterocycles. The van der Waals surface area contributed by atoms with E-state index in [-0.39, 0.29) is 5.84 Å². The number of hydrogen-bond donors (Lipinski definition) is 2. The summed E-state index contributed by atoms with van der Waals surface area (Å²) in [4.78, 5) is 0. The molecule has 0 heterocycles. The van der Waals surface area contributed by atoms with Gasteiger partial charge in [0.1, 0.15) is 9.07 Å². The molecule has 0 aromatic rings. The minimum atomic E-state index is -0.514. The lowest BCUT2D eigenvalue weighted by Crippen LogP contribution is -2.27. The highest BCUT2D eigenvalue weighted by atomic mass is 79.9. The molecule has 7 heavy (non-hydrogen) atoms. The molecule has 0 fully saturated rings. The second-order valence-electron chi connectivity index (χ2n) is 1.30. The van der Waals surface area contributed by atoms with E-state index >= 15 is 0 Å². The molecule has 4 heteroatoms. The van der Waals surface area contributed by atoms with Gasteiger partial charge in [0.2, 0.25) is 0 Å². The van der Waals surface area contributed by atoms with Gasteiger partial charge in [-0.2, -0.15) is 0 Å². The molecular formula is C3H6Br2N2. The standard InChI is InChI=1S/C3H6Br2N2/c1-3(4,5)2(6)7/h1H3,(H3,6,7). The van der Waals surface area contributed by atoms with Gasteiger partial charge in [-0.15, -0.1) is 0 Å². The van der Waals surface area contributed by atoms with Crippen LogP contribution in [0.4, 0.5) is 0 Å². The molecular weight excluding hydrogens is 224 g/mol. The zero-order valence-corrected chi connectivity index (χ0v) is 7.01. The van der Waals surface area contributed by atoms with E-state index in [4.69, 9.17) is 11.1 Å². The van der Waals surface area contributed by atoms with Crippen LogP contribution in [0.25, 0.3) is 0 Å². The zero-order valence-electron chi connectivity index (χ0n) is 3.83. The lowest BCUT2D eigenvalue weighted by atomic mass is 10.5. The Labute approximate surface area is 59.2 Å². The fraction of sp³-hybridized carbons (Fsp3) is 0.667. The van der Waals surface area contributed by atoms with E-state index in [1.165, 1.54) is 0 Å². The van der Waals surface area contributed by atoms with Crippen LogP contribution in [-0.2, 0) is 0 Å². The van der Waals surface area contributed by atoms with Gasteiger partial charge in [0, 0.05) is 0 Å². The van der Waals surface area contributed by atoms with Crippen LogP contribution >= 0.6 is 31.9 Å². The summed E-state index contributed by atoms with van der Waals surface area (Å²) in [7, 11) is 0. The van der Waals surface area contributed by atoms with Crippen LogP contribution in [0.5, 0.6) is 0 Å². The molecule has 0 aromatic carbocycles. The molecule has 0 aliphatic rings. The van der Waals surface area contributed by atoms with Crippen molar-refractivity contribution in [1.29, 1.82) is 5.41 Å². The molecule has 0 aliphatic carbocycles. The highest BCUT2D eigenvalue weighted by molar-refractivity contribution is 9.25. The third kappa shape index (κ3) is 3.05. The first-order valence-electron chi connectivity index (χ1n) is 1.67. The zero-order chi connectivity index (χ0) is 6.08. The Kier molecular flexibility index (Phi) is 2.26. The summed E-state index contributed by atoms with van der Waals surface area (Å²) >= 11 is 6.22. The molecule has 0 bridgehead atoms. The van der Waals surface area contributed by atoms with E-state index in [1.54, 1.807) is 6.92 Å². The molecule has 0 rings (SSSR count). The Morgan fingerprint density at radius 1 is 1.71 bits per heavy atom. The van der Waals surface area contributed by atoms with Crippen LogP contribution in [0.3, 0.4) is 0 Å². The maximum absolute atomic E-state index is 6.83. The molecule has 0 aliphatic heterocycles. The summed E-state index contributed by atoms with van der Waals surface area (Å²) in [6.07, 6.45) is 0. The van der Waals surface area contributed by atoms with Crippen molar-refractivity contribution in [3.05, 3.63) is 0 Å². The predicted molar refractivity (Wildman–Crippen MR) is 38.2 cm³/mol. The van der Waals surface area contributed by atoms with Crippen molar-refractivity contribution in [2.45, 2.75) is 10.2 Å². The number of halogens is 2. The maximum Gasteiger partial charge on any atom is 0.134 e. The quantitative estimate of drug-likeness (QED) is 0.399. The van der Waals surface area contributed by atoms with Crippen molar-refractivity contribution in [2.24, 2.45) is 5.73 Å². The van der Waals surface area contributed by atoms with Crippen molar-refractivity contribution in [1.82, 2.24) is 0 Å². The number of rotatable bonds is 1.